The van der Waals surface area contributed by atoms with Crippen molar-refractivity contribution in [2.24, 2.45) is 0 Å². The van der Waals surface area contributed by atoms with Crippen molar-refractivity contribution >= 4 is 5.91 Å². The lowest BCUT2D eigenvalue weighted by Crippen LogP contribution is -2.51. The van der Waals surface area contributed by atoms with Crippen LogP contribution in [0.2, 0.25) is 0 Å². The number of carbonyl (C=O) groups is 1. The molecule has 116 valence electrons. The van der Waals surface area contributed by atoms with Crippen molar-refractivity contribution in [3.05, 3.63) is 35.5 Å². The number of hydrogen-bond donors (Lipinski definition) is 1. The highest BCUT2D eigenvalue weighted by atomic mass is 16.3. The zero-order valence-electron chi connectivity index (χ0n) is 12.3. The maximum absolute atomic E-state index is 12.5. The summed E-state index contributed by atoms with van der Waals surface area (Å²) in [5.41, 5.74) is 1.25. The third-order valence-electron chi connectivity index (χ3n) is 4.35. The molecule has 2 fully saturated rings. The number of aliphatic hydroxyl groups is 1. The zero-order valence-corrected chi connectivity index (χ0v) is 12.3. The van der Waals surface area contributed by atoms with E-state index in [2.05, 4.69) is 10.3 Å². The highest BCUT2D eigenvalue weighted by molar-refractivity contribution is 5.96. The molecule has 0 radical (unpaired) electrons. The topological polar surface area (TPSA) is 84.4 Å². The molecule has 1 aliphatic heterocycles. The number of nitrogens with zero attached hydrogens (tertiary/aromatic N) is 4. The minimum Gasteiger partial charge on any atom is -0.468 e. The molecule has 1 aliphatic carbocycles. The Morgan fingerprint density at radius 3 is 2.86 bits per heavy atom. The Morgan fingerprint density at radius 2 is 2.23 bits per heavy atom. The molecule has 3 heterocycles. The van der Waals surface area contributed by atoms with Crippen LogP contribution in [-0.2, 0) is 0 Å². The fraction of sp³-hybridized carbons (Fsp3) is 0.533. The zero-order chi connectivity index (χ0) is 15.3. The maximum Gasteiger partial charge on any atom is 0.257 e. The average molecular weight is 302 g/mol. The highest BCUT2D eigenvalue weighted by Crippen LogP contribution is 2.42. The smallest absolute Gasteiger partial charge is 0.257 e. The fourth-order valence-corrected chi connectivity index (χ4v) is 2.78. The van der Waals surface area contributed by atoms with E-state index in [0.717, 1.165) is 18.6 Å². The Labute approximate surface area is 127 Å². The molecule has 0 spiro atoms. The summed E-state index contributed by atoms with van der Waals surface area (Å²) in [5.74, 6) is 1.29. The summed E-state index contributed by atoms with van der Waals surface area (Å²) in [7, 11) is 0. The molecule has 1 atom stereocenters. The Balaban J connectivity index is 1.42. The summed E-state index contributed by atoms with van der Waals surface area (Å²) >= 11 is 0. The lowest BCUT2D eigenvalue weighted by atomic mass is 10.1. The normalized spacial score (nSPS) is 20.0. The van der Waals surface area contributed by atoms with Crippen LogP contribution in [0.3, 0.4) is 0 Å². The molecule has 2 aromatic heterocycles. The third-order valence-corrected chi connectivity index (χ3v) is 4.35. The van der Waals surface area contributed by atoms with Crippen molar-refractivity contribution in [3.63, 3.8) is 0 Å². The van der Waals surface area contributed by atoms with Gasteiger partial charge >= 0.3 is 0 Å². The van der Waals surface area contributed by atoms with E-state index in [9.17, 15) is 9.90 Å². The van der Waals surface area contributed by atoms with Crippen LogP contribution in [0.25, 0.3) is 0 Å². The Kier molecular flexibility index (Phi) is 3.04. The Morgan fingerprint density at radius 1 is 1.45 bits per heavy atom. The van der Waals surface area contributed by atoms with Gasteiger partial charge in [-0.15, -0.1) is 5.10 Å². The van der Waals surface area contributed by atoms with Crippen LogP contribution < -0.4 is 0 Å². The van der Waals surface area contributed by atoms with E-state index >= 15 is 0 Å². The molecule has 2 aliphatic rings. The van der Waals surface area contributed by atoms with Crippen molar-refractivity contribution in [1.82, 2.24) is 19.9 Å². The fourth-order valence-electron chi connectivity index (χ4n) is 2.78. The number of aliphatic hydroxyl groups excluding tert-OH is 1. The van der Waals surface area contributed by atoms with Crippen LogP contribution in [0.1, 0.15) is 59.6 Å². The predicted octanol–water partition coefficient (Wildman–Crippen LogP) is 1.50. The van der Waals surface area contributed by atoms with E-state index < -0.39 is 6.10 Å². The van der Waals surface area contributed by atoms with Gasteiger partial charge in [-0.3, -0.25) is 4.79 Å². The van der Waals surface area contributed by atoms with Gasteiger partial charge in [-0.2, -0.15) is 0 Å². The number of likely N-dealkylation sites (tertiary alicyclic amines) is 1. The number of aromatic nitrogens is 3. The molecule has 22 heavy (non-hydrogen) atoms. The quantitative estimate of drug-likeness (QED) is 0.925. The van der Waals surface area contributed by atoms with E-state index in [1.54, 1.807) is 35.0 Å². The average Bonchev–Trinajstić information content (AvgIpc) is 2.99. The minimum atomic E-state index is -0.626. The van der Waals surface area contributed by atoms with Gasteiger partial charge in [0.05, 0.1) is 30.2 Å². The molecular weight excluding hydrogens is 284 g/mol. The summed E-state index contributed by atoms with van der Waals surface area (Å²) in [5, 5.41) is 17.4. The number of carbonyl (C=O) groups excluding carboxylic acids is 1. The van der Waals surface area contributed by atoms with Crippen LogP contribution in [0.5, 0.6) is 0 Å². The molecule has 1 amide bonds. The summed E-state index contributed by atoms with van der Waals surface area (Å²) in [6.07, 6.45) is 4.93. The van der Waals surface area contributed by atoms with E-state index in [1.807, 2.05) is 0 Å². The van der Waals surface area contributed by atoms with Crippen molar-refractivity contribution in [1.29, 1.82) is 0 Å². The van der Waals surface area contributed by atoms with Crippen molar-refractivity contribution in [2.45, 2.75) is 37.8 Å². The van der Waals surface area contributed by atoms with Gasteiger partial charge in [0.25, 0.3) is 5.91 Å². The lowest BCUT2D eigenvalue weighted by molar-refractivity contribution is 0.0496. The molecule has 1 saturated carbocycles. The number of rotatable bonds is 4. The summed E-state index contributed by atoms with van der Waals surface area (Å²) in [6.45, 7) is 2.87. The van der Waals surface area contributed by atoms with Crippen LogP contribution in [0, 0.1) is 0 Å². The second kappa shape index (κ2) is 4.95. The molecule has 0 aromatic carbocycles. The first-order valence-corrected chi connectivity index (χ1v) is 7.60. The van der Waals surface area contributed by atoms with Gasteiger partial charge in [0, 0.05) is 19.0 Å². The van der Waals surface area contributed by atoms with Gasteiger partial charge in [0.15, 0.2) is 0 Å². The predicted molar refractivity (Wildman–Crippen MR) is 76.3 cm³/mol. The monoisotopic (exact) mass is 302 g/mol. The summed E-state index contributed by atoms with van der Waals surface area (Å²) in [4.78, 5) is 14.3. The van der Waals surface area contributed by atoms with Gasteiger partial charge in [0.2, 0.25) is 0 Å². The van der Waals surface area contributed by atoms with Gasteiger partial charge in [-0.05, 0) is 25.8 Å². The van der Waals surface area contributed by atoms with E-state index in [1.165, 1.54) is 0 Å². The van der Waals surface area contributed by atoms with Gasteiger partial charge in [-0.1, -0.05) is 5.21 Å². The standard InChI is InChI=1S/C15H18N4O3/c1-9(20)13-8-19(17-16-13)11-6-18(7-11)15(21)12-4-5-22-14(12)10-2-3-10/h4-5,8-11,20H,2-3,6-7H2,1H3. The SMILES string of the molecule is CC(O)c1cn(C2CN(C(=O)c3ccoc3C3CC3)C2)nn1. The molecule has 1 unspecified atom stereocenters. The van der Waals surface area contributed by atoms with Crippen LogP contribution in [-0.4, -0.2) is 44.0 Å². The maximum atomic E-state index is 12.5. The Bertz CT molecular complexity index is 695. The van der Waals surface area contributed by atoms with Gasteiger partial charge in [-0.25, -0.2) is 4.68 Å². The van der Waals surface area contributed by atoms with Crippen LogP contribution in [0.4, 0.5) is 0 Å². The van der Waals surface area contributed by atoms with Crippen LogP contribution in [0.15, 0.2) is 22.9 Å². The molecule has 1 saturated heterocycles. The lowest BCUT2D eigenvalue weighted by Gasteiger charge is -2.38. The number of amides is 1. The van der Waals surface area contributed by atoms with E-state index in [4.69, 9.17) is 4.42 Å². The highest BCUT2D eigenvalue weighted by Gasteiger charge is 2.37. The molecule has 2 aromatic rings. The summed E-state index contributed by atoms with van der Waals surface area (Å²) < 4.78 is 7.19. The molecular formula is C15H18N4O3. The van der Waals surface area contributed by atoms with Gasteiger partial charge in [0.1, 0.15) is 11.5 Å². The number of furan rings is 1. The van der Waals surface area contributed by atoms with E-state index in [0.29, 0.717) is 30.3 Å². The molecule has 4 rings (SSSR count). The summed E-state index contributed by atoms with van der Waals surface area (Å²) in [6, 6.07) is 1.89. The van der Waals surface area contributed by atoms with Crippen molar-refractivity contribution < 1.29 is 14.3 Å². The first-order valence-electron chi connectivity index (χ1n) is 7.60. The number of hydrogen-bond acceptors (Lipinski definition) is 5. The second-order valence-electron chi connectivity index (χ2n) is 6.14. The molecule has 1 N–H and O–H groups in total. The van der Waals surface area contributed by atoms with E-state index in [-0.39, 0.29) is 11.9 Å². The third kappa shape index (κ3) is 2.21. The van der Waals surface area contributed by atoms with Crippen LogP contribution >= 0.6 is 0 Å². The largest absolute Gasteiger partial charge is 0.468 e. The molecule has 0 bridgehead atoms. The second-order valence-corrected chi connectivity index (χ2v) is 6.14. The first kappa shape index (κ1) is 13.5. The van der Waals surface area contributed by atoms with Crippen molar-refractivity contribution in [2.75, 3.05) is 13.1 Å². The van der Waals surface area contributed by atoms with Gasteiger partial charge < -0.3 is 14.4 Å². The molecule has 7 nitrogen and oxygen atoms in total. The molecule has 7 heteroatoms. The first-order chi connectivity index (χ1) is 10.6. The van der Waals surface area contributed by atoms with Crippen molar-refractivity contribution in [3.8, 4) is 0 Å². The Hall–Kier alpha value is -2.15. The minimum absolute atomic E-state index is 0.0303.